The molecule has 2 unspecified atom stereocenters. The van der Waals surface area contributed by atoms with E-state index in [9.17, 15) is 18.3 Å². The average molecular weight is 376 g/mol. The van der Waals surface area contributed by atoms with Crippen molar-refractivity contribution in [1.82, 2.24) is 9.88 Å². The Morgan fingerprint density at radius 1 is 1.27 bits per heavy atom. The molecule has 2 heterocycles. The number of amides is 1. The number of rotatable bonds is 5. The zero-order valence-electron chi connectivity index (χ0n) is 14.3. The van der Waals surface area contributed by atoms with E-state index in [1.165, 1.54) is 17.0 Å². The molecule has 8 heteroatoms. The van der Waals surface area contributed by atoms with Gasteiger partial charge >= 0.3 is 6.09 Å². The fourth-order valence-electron chi connectivity index (χ4n) is 3.18. The van der Waals surface area contributed by atoms with E-state index in [0.717, 1.165) is 11.1 Å². The lowest BCUT2D eigenvalue weighted by atomic mass is 10.1. The summed E-state index contributed by atoms with van der Waals surface area (Å²) in [5.41, 5.74) is 1.73. The Morgan fingerprint density at radius 2 is 2.00 bits per heavy atom. The summed E-state index contributed by atoms with van der Waals surface area (Å²) in [4.78, 5) is 17.1. The number of hydrogen-bond donors (Lipinski definition) is 1. The smallest absolute Gasteiger partial charge is 0.408 e. The van der Waals surface area contributed by atoms with Crippen LogP contribution in [0.4, 0.5) is 4.79 Å². The van der Waals surface area contributed by atoms with E-state index in [1.54, 1.807) is 30.6 Å². The molecular formula is C18H20N2O5S. The molecule has 0 aliphatic carbocycles. The topological polar surface area (TPSA) is 96.8 Å². The van der Waals surface area contributed by atoms with Crippen LogP contribution in [0.1, 0.15) is 30.0 Å². The third kappa shape index (κ3) is 3.86. The Kier molecular flexibility index (Phi) is 5.24. The molecule has 138 valence electrons. The molecule has 0 spiro atoms. The number of aryl methyl sites for hydroxylation is 1. The fraction of sp³-hybridized carbons (Fsp3) is 0.333. The van der Waals surface area contributed by atoms with E-state index in [0.29, 0.717) is 12.8 Å². The summed E-state index contributed by atoms with van der Waals surface area (Å²) in [6.45, 7) is 1.65. The number of aromatic nitrogens is 1. The molecule has 1 saturated heterocycles. The van der Waals surface area contributed by atoms with Crippen molar-refractivity contribution in [2.45, 2.75) is 36.7 Å². The highest BCUT2D eigenvalue weighted by Crippen LogP contribution is 2.36. The van der Waals surface area contributed by atoms with Gasteiger partial charge in [-0.1, -0.05) is 23.8 Å². The highest BCUT2D eigenvalue weighted by atomic mass is 32.2. The lowest BCUT2D eigenvalue weighted by Gasteiger charge is -2.27. The Bertz CT molecular complexity index is 868. The lowest BCUT2D eigenvalue weighted by Crippen LogP contribution is -2.39. The molecule has 1 amide bonds. The summed E-state index contributed by atoms with van der Waals surface area (Å²) in [5.74, 6) is 0. The molecule has 1 aliphatic rings. The number of carbonyl (C=O) groups is 1. The minimum absolute atomic E-state index is 0.0618. The molecule has 0 radical (unpaired) electrons. The van der Waals surface area contributed by atoms with Gasteiger partial charge < -0.3 is 5.11 Å². The second-order valence-electron chi connectivity index (χ2n) is 6.27. The molecule has 3 rings (SSSR count). The zero-order chi connectivity index (χ0) is 18.7. The van der Waals surface area contributed by atoms with Crippen molar-refractivity contribution in [2.24, 2.45) is 0 Å². The Morgan fingerprint density at radius 3 is 2.62 bits per heavy atom. The van der Waals surface area contributed by atoms with Crippen LogP contribution >= 0.6 is 0 Å². The van der Waals surface area contributed by atoms with Crippen LogP contribution in [0.5, 0.6) is 0 Å². The summed E-state index contributed by atoms with van der Waals surface area (Å²) in [7, 11) is -3.93. The number of carboxylic acid groups (broad SMARTS) is 1. The van der Waals surface area contributed by atoms with Crippen LogP contribution in [0, 0.1) is 6.92 Å². The first-order chi connectivity index (χ1) is 12.4. The molecule has 1 fully saturated rings. The Hall–Kier alpha value is -2.45. The van der Waals surface area contributed by atoms with Gasteiger partial charge in [0.1, 0.15) is 0 Å². The van der Waals surface area contributed by atoms with Gasteiger partial charge in [0.25, 0.3) is 10.1 Å². The first-order valence-corrected chi connectivity index (χ1v) is 9.66. The maximum absolute atomic E-state index is 12.3. The van der Waals surface area contributed by atoms with Crippen LogP contribution in [-0.2, 0) is 14.3 Å². The van der Waals surface area contributed by atoms with E-state index in [-0.39, 0.29) is 17.5 Å². The van der Waals surface area contributed by atoms with E-state index >= 15 is 0 Å². The first-order valence-electron chi connectivity index (χ1n) is 8.26. The van der Waals surface area contributed by atoms with Crippen LogP contribution in [0.2, 0.25) is 0 Å². The first kappa shape index (κ1) is 18.3. The SMILES string of the molecule is Cc1ccc(S(=O)(=O)OCC2CCC(c3cccnc3)N2C(=O)O)cc1. The molecule has 26 heavy (non-hydrogen) atoms. The van der Waals surface area contributed by atoms with Crippen molar-refractivity contribution >= 4 is 16.2 Å². The van der Waals surface area contributed by atoms with Gasteiger partial charge in [0.15, 0.2) is 0 Å². The summed E-state index contributed by atoms with van der Waals surface area (Å²) in [5, 5.41) is 9.59. The average Bonchev–Trinajstić information content (AvgIpc) is 3.05. The molecule has 7 nitrogen and oxygen atoms in total. The third-order valence-electron chi connectivity index (χ3n) is 4.52. The van der Waals surface area contributed by atoms with Crippen molar-refractivity contribution in [2.75, 3.05) is 6.61 Å². The molecule has 2 atom stereocenters. The molecule has 0 bridgehead atoms. The van der Waals surface area contributed by atoms with Gasteiger partial charge in [-0.3, -0.25) is 14.1 Å². The zero-order valence-corrected chi connectivity index (χ0v) is 15.1. The molecule has 1 aromatic carbocycles. The summed E-state index contributed by atoms with van der Waals surface area (Å²) < 4.78 is 29.8. The Labute approximate surface area is 152 Å². The van der Waals surface area contributed by atoms with Gasteiger partial charge in [0.05, 0.1) is 23.6 Å². The molecule has 2 aromatic rings. The van der Waals surface area contributed by atoms with Crippen molar-refractivity contribution < 1.29 is 22.5 Å². The van der Waals surface area contributed by atoms with E-state index < -0.39 is 22.3 Å². The third-order valence-corrected chi connectivity index (χ3v) is 5.81. The Balaban J connectivity index is 1.73. The highest BCUT2D eigenvalue weighted by molar-refractivity contribution is 7.86. The van der Waals surface area contributed by atoms with Crippen LogP contribution < -0.4 is 0 Å². The molecule has 0 saturated carbocycles. The fourth-order valence-corrected chi connectivity index (χ4v) is 4.12. The number of nitrogens with zero attached hydrogens (tertiary/aromatic N) is 2. The van der Waals surface area contributed by atoms with Crippen molar-refractivity contribution in [3.63, 3.8) is 0 Å². The molecule has 1 N–H and O–H groups in total. The number of likely N-dealkylation sites (tertiary alicyclic amines) is 1. The van der Waals surface area contributed by atoms with E-state index in [2.05, 4.69) is 4.98 Å². The number of hydrogen-bond acceptors (Lipinski definition) is 5. The lowest BCUT2D eigenvalue weighted by molar-refractivity contribution is 0.105. The van der Waals surface area contributed by atoms with Crippen molar-refractivity contribution in [1.29, 1.82) is 0 Å². The highest BCUT2D eigenvalue weighted by Gasteiger charge is 2.38. The standard InChI is InChI=1S/C18H20N2O5S/c1-13-4-7-16(8-5-13)26(23,24)25-12-15-6-9-17(20(15)18(21)22)14-3-2-10-19-11-14/h2-5,7-8,10-11,15,17H,6,9,12H2,1H3,(H,21,22). The van der Waals surface area contributed by atoms with Crippen LogP contribution in [0.25, 0.3) is 0 Å². The maximum atomic E-state index is 12.3. The van der Waals surface area contributed by atoms with E-state index in [1.807, 2.05) is 13.0 Å². The minimum atomic E-state index is -3.93. The van der Waals surface area contributed by atoms with Crippen LogP contribution in [0.3, 0.4) is 0 Å². The van der Waals surface area contributed by atoms with E-state index in [4.69, 9.17) is 4.18 Å². The predicted molar refractivity (Wildman–Crippen MR) is 94.2 cm³/mol. The second-order valence-corrected chi connectivity index (χ2v) is 7.89. The molecule has 1 aliphatic heterocycles. The van der Waals surface area contributed by atoms with Gasteiger partial charge in [0, 0.05) is 12.4 Å². The van der Waals surface area contributed by atoms with Crippen molar-refractivity contribution in [3.8, 4) is 0 Å². The van der Waals surface area contributed by atoms with Gasteiger partial charge in [-0.25, -0.2) is 4.79 Å². The molecular weight excluding hydrogens is 356 g/mol. The van der Waals surface area contributed by atoms with Gasteiger partial charge in [-0.2, -0.15) is 8.42 Å². The minimum Gasteiger partial charge on any atom is -0.465 e. The second kappa shape index (κ2) is 7.43. The number of benzene rings is 1. The number of pyridine rings is 1. The van der Waals surface area contributed by atoms with Crippen LogP contribution in [-0.4, -0.2) is 42.2 Å². The monoisotopic (exact) mass is 376 g/mol. The quantitative estimate of drug-likeness (QED) is 0.806. The summed E-state index contributed by atoms with van der Waals surface area (Å²) in [6, 6.07) is 9.02. The maximum Gasteiger partial charge on any atom is 0.408 e. The summed E-state index contributed by atoms with van der Waals surface area (Å²) in [6.07, 6.45) is 3.27. The van der Waals surface area contributed by atoms with Gasteiger partial charge in [-0.05, 0) is 43.5 Å². The largest absolute Gasteiger partial charge is 0.465 e. The van der Waals surface area contributed by atoms with Crippen molar-refractivity contribution in [3.05, 3.63) is 59.9 Å². The van der Waals surface area contributed by atoms with Crippen LogP contribution in [0.15, 0.2) is 53.7 Å². The van der Waals surface area contributed by atoms with Gasteiger partial charge in [-0.15, -0.1) is 0 Å². The van der Waals surface area contributed by atoms with Gasteiger partial charge in [0.2, 0.25) is 0 Å². The molecule has 1 aromatic heterocycles. The normalized spacial score (nSPS) is 20.3. The summed E-state index contributed by atoms with van der Waals surface area (Å²) >= 11 is 0. The predicted octanol–water partition coefficient (Wildman–Crippen LogP) is 2.98.